The molecule has 0 atom stereocenters. The summed E-state index contributed by atoms with van der Waals surface area (Å²) in [7, 11) is 1.50. The molecule has 0 bridgehead atoms. The number of ether oxygens (including phenoxy) is 1. The van der Waals surface area contributed by atoms with E-state index in [1.165, 1.54) is 13.4 Å². The lowest BCUT2D eigenvalue weighted by molar-refractivity contribution is 0.116. The maximum atomic E-state index is 5.92. The summed E-state index contributed by atoms with van der Waals surface area (Å²) in [6.45, 7) is 1.77. The molecule has 0 aliphatic heterocycles. The molecular weight excluding hydrogens is 272 g/mol. The largest absolute Gasteiger partial charge is 0.460 e. The molecule has 0 radical (unpaired) electrons. The Morgan fingerprint density at radius 2 is 1.81 bits per heavy atom. The lowest BCUT2D eigenvalue weighted by Crippen LogP contribution is -2.09. The minimum atomic E-state index is 0.346. The molecule has 1 N–H and O–H groups in total. The molecule has 0 heterocycles. The third kappa shape index (κ3) is 3.76. The van der Waals surface area contributed by atoms with Crippen LogP contribution in [-0.2, 0) is 4.84 Å². The third-order valence-corrected chi connectivity index (χ3v) is 2.36. The predicted octanol–water partition coefficient (Wildman–Crippen LogP) is 4.04. The first-order valence-electron chi connectivity index (χ1n) is 4.31. The van der Waals surface area contributed by atoms with E-state index in [1.807, 2.05) is 0 Å². The van der Waals surface area contributed by atoms with Crippen LogP contribution < -0.4 is 10.2 Å². The Hall–Kier alpha value is -0.610. The second-order valence-electron chi connectivity index (χ2n) is 2.92. The van der Waals surface area contributed by atoms with Crippen LogP contribution in [0.3, 0.4) is 0 Å². The first-order valence-corrected chi connectivity index (χ1v) is 5.45. The molecule has 0 spiro atoms. The zero-order valence-corrected chi connectivity index (χ0v) is 11.0. The van der Waals surface area contributed by atoms with E-state index in [1.54, 1.807) is 19.1 Å². The third-order valence-electron chi connectivity index (χ3n) is 1.58. The van der Waals surface area contributed by atoms with Crippen LogP contribution in [0.1, 0.15) is 6.92 Å². The van der Waals surface area contributed by atoms with E-state index in [9.17, 15) is 0 Å². The molecule has 0 aliphatic carbocycles. The highest BCUT2D eigenvalue weighted by Crippen LogP contribution is 2.35. The summed E-state index contributed by atoms with van der Waals surface area (Å²) in [6.07, 6.45) is 1.44. The Morgan fingerprint density at radius 1 is 1.25 bits per heavy atom. The Balaban J connectivity index is 2.85. The van der Waals surface area contributed by atoms with Crippen molar-refractivity contribution in [3.05, 3.63) is 39.2 Å². The Kier molecular flexibility index (Phi) is 5.22. The fourth-order valence-corrected chi connectivity index (χ4v) is 1.88. The van der Waals surface area contributed by atoms with Crippen molar-refractivity contribution in [3.63, 3.8) is 0 Å². The average Bonchev–Trinajstić information content (AvgIpc) is 2.16. The van der Waals surface area contributed by atoms with Gasteiger partial charge >= 0.3 is 0 Å². The molecule has 0 aromatic heterocycles. The van der Waals surface area contributed by atoms with Gasteiger partial charge in [0.05, 0.1) is 22.9 Å². The SMILES string of the molecule is CONC(C)=COc1c(Cl)cc(Cl)cc1Cl. The fourth-order valence-electron chi connectivity index (χ4n) is 0.974. The monoisotopic (exact) mass is 281 g/mol. The average molecular weight is 283 g/mol. The van der Waals surface area contributed by atoms with E-state index in [2.05, 4.69) is 10.3 Å². The first kappa shape index (κ1) is 13.5. The molecule has 3 nitrogen and oxygen atoms in total. The summed E-state index contributed by atoms with van der Waals surface area (Å²) >= 11 is 17.6. The predicted molar refractivity (Wildman–Crippen MR) is 66.0 cm³/mol. The van der Waals surface area contributed by atoms with E-state index in [-0.39, 0.29) is 0 Å². The van der Waals surface area contributed by atoms with Crippen molar-refractivity contribution < 1.29 is 9.57 Å². The van der Waals surface area contributed by atoms with E-state index < -0.39 is 0 Å². The molecule has 0 aliphatic rings. The number of hydrogen-bond acceptors (Lipinski definition) is 3. The van der Waals surface area contributed by atoms with E-state index in [0.29, 0.717) is 26.5 Å². The summed E-state index contributed by atoms with van der Waals surface area (Å²) in [5.74, 6) is 0.352. The highest BCUT2D eigenvalue weighted by Gasteiger charge is 2.08. The number of hydroxylamine groups is 1. The molecule has 1 aromatic rings. The van der Waals surface area contributed by atoms with Crippen molar-refractivity contribution >= 4 is 34.8 Å². The minimum Gasteiger partial charge on any atom is -0.460 e. The summed E-state index contributed by atoms with van der Waals surface area (Å²) in [4.78, 5) is 4.69. The van der Waals surface area contributed by atoms with Crippen molar-refractivity contribution in [1.29, 1.82) is 0 Å². The van der Waals surface area contributed by atoms with E-state index >= 15 is 0 Å². The van der Waals surface area contributed by atoms with Gasteiger partial charge in [0.15, 0.2) is 5.75 Å². The van der Waals surface area contributed by atoms with Gasteiger partial charge in [-0.3, -0.25) is 10.3 Å². The second kappa shape index (κ2) is 6.21. The smallest absolute Gasteiger partial charge is 0.163 e. The number of hydrogen-bond donors (Lipinski definition) is 1. The van der Waals surface area contributed by atoms with Crippen LogP contribution in [0.5, 0.6) is 5.75 Å². The Bertz CT molecular complexity index is 384. The summed E-state index contributed by atoms with van der Waals surface area (Å²) in [5.41, 5.74) is 3.26. The maximum absolute atomic E-state index is 5.92. The maximum Gasteiger partial charge on any atom is 0.163 e. The van der Waals surface area contributed by atoms with Gasteiger partial charge in [-0.25, -0.2) is 0 Å². The lowest BCUT2D eigenvalue weighted by Gasteiger charge is -2.08. The molecule has 6 heteroatoms. The molecular formula is C10H10Cl3NO2. The molecule has 0 saturated heterocycles. The standard InChI is InChI=1S/C10H10Cl3NO2/c1-6(14-15-2)5-16-10-8(12)3-7(11)4-9(10)13/h3-5,14H,1-2H3. The van der Waals surface area contributed by atoms with Crippen molar-refractivity contribution in [2.75, 3.05) is 7.11 Å². The fraction of sp³-hybridized carbons (Fsp3) is 0.200. The molecule has 88 valence electrons. The minimum absolute atomic E-state index is 0.346. The molecule has 0 unspecified atom stereocenters. The molecule has 0 saturated carbocycles. The molecule has 16 heavy (non-hydrogen) atoms. The topological polar surface area (TPSA) is 30.5 Å². The Morgan fingerprint density at radius 3 is 2.31 bits per heavy atom. The number of nitrogens with one attached hydrogen (secondary N) is 1. The normalized spacial score (nSPS) is 11.4. The highest BCUT2D eigenvalue weighted by atomic mass is 35.5. The van der Waals surface area contributed by atoms with Crippen molar-refractivity contribution in [3.8, 4) is 5.75 Å². The van der Waals surface area contributed by atoms with Gasteiger partial charge in [-0.15, -0.1) is 0 Å². The zero-order valence-electron chi connectivity index (χ0n) is 8.68. The van der Waals surface area contributed by atoms with Gasteiger partial charge in [-0.1, -0.05) is 34.8 Å². The van der Waals surface area contributed by atoms with Gasteiger partial charge in [0.1, 0.15) is 6.26 Å². The van der Waals surface area contributed by atoms with Gasteiger partial charge in [0.25, 0.3) is 0 Å². The summed E-state index contributed by atoms with van der Waals surface area (Å²) in [6, 6.07) is 3.11. The van der Waals surface area contributed by atoms with Crippen molar-refractivity contribution in [2.45, 2.75) is 6.92 Å². The van der Waals surface area contributed by atoms with Crippen LogP contribution in [0.25, 0.3) is 0 Å². The van der Waals surface area contributed by atoms with Crippen molar-refractivity contribution in [1.82, 2.24) is 5.48 Å². The molecule has 1 rings (SSSR count). The molecule has 1 aromatic carbocycles. The number of benzene rings is 1. The molecule has 0 amide bonds. The Labute approximate surface area is 109 Å². The quantitative estimate of drug-likeness (QED) is 0.668. The van der Waals surface area contributed by atoms with Gasteiger partial charge in [-0.05, 0) is 19.1 Å². The highest BCUT2D eigenvalue weighted by molar-refractivity contribution is 6.40. The van der Waals surface area contributed by atoms with Gasteiger partial charge in [0, 0.05) is 5.02 Å². The molecule has 0 fully saturated rings. The summed E-state index contributed by atoms with van der Waals surface area (Å²) in [5, 5.41) is 1.15. The number of allylic oxidation sites excluding steroid dienone is 1. The van der Waals surface area contributed by atoms with Crippen LogP contribution in [0, 0.1) is 0 Å². The van der Waals surface area contributed by atoms with Gasteiger partial charge < -0.3 is 4.74 Å². The van der Waals surface area contributed by atoms with Crippen LogP contribution in [0.4, 0.5) is 0 Å². The van der Waals surface area contributed by atoms with Crippen LogP contribution in [-0.4, -0.2) is 7.11 Å². The lowest BCUT2D eigenvalue weighted by atomic mass is 10.3. The van der Waals surface area contributed by atoms with Crippen LogP contribution >= 0.6 is 34.8 Å². The number of rotatable bonds is 4. The first-order chi connectivity index (χ1) is 7.54. The zero-order chi connectivity index (χ0) is 12.1. The van der Waals surface area contributed by atoms with Gasteiger partial charge in [0.2, 0.25) is 0 Å². The van der Waals surface area contributed by atoms with Gasteiger partial charge in [-0.2, -0.15) is 0 Å². The van der Waals surface area contributed by atoms with Crippen LogP contribution in [0.15, 0.2) is 24.1 Å². The van der Waals surface area contributed by atoms with E-state index in [0.717, 1.165) is 0 Å². The summed E-state index contributed by atoms with van der Waals surface area (Å²) < 4.78 is 5.31. The van der Waals surface area contributed by atoms with E-state index in [4.69, 9.17) is 39.5 Å². The van der Waals surface area contributed by atoms with Crippen molar-refractivity contribution in [2.24, 2.45) is 0 Å². The number of halogens is 3. The van der Waals surface area contributed by atoms with Crippen LogP contribution in [0.2, 0.25) is 15.1 Å². The second-order valence-corrected chi connectivity index (χ2v) is 4.17.